The number of piperidine rings is 1. The van der Waals surface area contributed by atoms with Crippen molar-refractivity contribution in [3.63, 3.8) is 0 Å². The molecule has 1 aromatic rings. The van der Waals surface area contributed by atoms with Gasteiger partial charge in [0.05, 0.1) is 0 Å². The summed E-state index contributed by atoms with van der Waals surface area (Å²) in [6, 6.07) is 4.41. The minimum Gasteiger partial charge on any atom is -0.322 e. The van der Waals surface area contributed by atoms with Crippen LogP contribution in [0.15, 0.2) is 18.2 Å². The summed E-state index contributed by atoms with van der Waals surface area (Å²) in [5.41, 5.74) is 1.89. The number of carbonyl (C=O) groups excluding carboxylic acids is 4. The molecule has 2 aliphatic rings. The molecule has 0 radical (unpaired) electrons. The maximum atomic E-state index is 12.4. The average molecular weight is 413 g/mol. The van der Waals surface area contributed by atoms with Crippen LogP contribution < -0.4 is 10.6 Å². The van der Waals surface area contributed by atoms with E-state index in [-0.39, 0.29) is 22.1 Å². The smallest absolute Gasteiger partial charge is 0.284 e. The second-order valence-electron chi connectivity index (χ2n) is 5.17. The molecule has 1 unspecified atom stereocenters. The van der Waals surface area contributed by atoms with E-state index in [9.17, 15) is 19.2 Å². The summed E-state index contributed by atoms with van der Waals surface area (Å²) >= 11 is 1.63. The van der Waals surface area contributed by atoms with Gasteiger partial charge < -0.3 is 10.2 Å². The molecule has 1 atom stereocenters. The fourth-order valence-electron chi connectivity index (χ4n) is 2.77. The lowest BCUT2D eigenvalue weighted by atomic mass is 10.0. The number of halogens is 1. The van der Waals surface area contributed by atoms with Gasteiger partial charge in [-0.3, -0.25) is 24.5 Å². The molecule has 2 heterocycles. The molecule has 0 spiro atoms. The van der Waals surface area contributed by atoms with Crippen molar-refractivity contribution >= 4 is 49.9 Å². The van der Waals surface area contributed by atoms with E-state index in [4.69, 9.17) is 0 Å². The zero-order valence-electron chi connectivity index (χ0n) is 11.4. The molecule has 3 rings (SSSR count). The molecule has 1 fully saturated rings. The Kier molecular flexibility index (Phi) is 3.85. The summed E-state index contributed by atoms with van der Waals surface area (Å²) in [6.07, 6.45) is 0.564. The predicted octanol–water partition coefficient (Wildman–Crippen LogP) is 1.41. The van der Waals surface area contributed by atoms with Crippen LogP contribution >= 0.6 is 22.6 Å². The van der Waals surface area contributed by atoms with Crippen molar-refractivity contribution in [2.75, 3.05) is 5.32 Å². The van der Waals surface area contributed by atoms with Gasteiger partial charge in [-0.05, 0) is 30.2 Å². The molecule has 0 bridgehead atoms. The van der Waals surface area contributed by atoms with Crippen LogP contribution in [-0.2, 0) is 16.1 Å². The first-order chi connectivity index (χ1) is 10.5. The molecule has 8 heteroatoms. The molecule has 1 saturated heterocycles. The van der Waals surface area contributed by atoms with Gasteiger partial charge in [0.1, 0.15) is 6.04 Å². The van der Waals surface area contributed by atoms with Gasteiger partial charge in [0.15, 0.2) is 0 Å². The Labute approximate surface area is 139 Å². The summed E-state index contributed by atoms with van der Waals surface area (Å²) in [5, 5.41) is 4.91. The van der Waals surface area contributed by atoms with Gasteiger partial charge >= 0.3 is 0 Å². The fourth-order valence-corrected chi connectivity index (χ4v) is 3.08. The first kappa shape index (κ1) is 14.9. The normalized spacial score (nSPS) is 20.7. The van der Waals surface area contributed by atoms with E-state index in [1.807, 2.05) is 0 Å². The van der Waals surface area contributed by atoms with Crippen LogP contribution in [0.3, 0.4) is 0 Å². The van der Waals surface area contributed by atoms with Gasteiger partial charge in [-0.25, -0.2) is 0 Å². The fraction of sp³-hybridized carbons (Fsp3) is 0.286. The summed E-state index contributed by atoms with van der Waals surface area (Å²) < 4.78 is -0.219. The van der Waals surface area contributed by atoms with Crippen LogP contribution in [-0.4, -0.2) is 32.6 Å². The van der Waals surface area contributed by atoms with Crippen LogP contribution in [0.2, 0.25) is 0 Å². The number of nitrogens with zero attached hydrogens (tertiary/aromatic N) is 1. The third-order valence-electron chi connectivity index (χ3n) is 3.77. The molecule has 4 amide bonds. The number of imide groups is 1. The Hall–Kier alpha value is -1.97. The van der Waals surface area contributed by atoms with Crippen molar-refractivity contribution in [3.8, 4) is 0 Å². The minimum absolute atomic E-state index is 0.219. The number of hydrogen-bond acceptors (Lipinski definition) is 4. The van der Waals surface area contributed by atoms with Crippen molar-refractivity contribution in [2.45, 2.75) is 25.4 Å². The van der Waals surface area contributed by atoms with E-state index in [0.717, 1.165) is 5.56 Å². The molecule has 22 heavy (non-hydrogen) atoms. The summed E-state index contributed by atoms with van der Waals surface area (Å²) in [7, 11) is 0. The summed E-state index contributed by atoms with van der Waals surface area (Å²) in [5.74, 6) is -0.965. The Bertz CT molecular complexity index is 703. The quantitative estimate of drug-likeness (QED) is 0.332. The lowest BCUT2D eigenvalue weighted by Gasteiger charge is -2.29. The van der Waals surface area contributed by atoms with E-state index in [2.05, 4.69) is 10.6 Å². The molecular weight excluding hydrogens is 401 g/mol. The highest BCUT2D eigenvalue weighted by atomic mass is 127. The predicted molar refractivity (Wildman–Crippen MR) is 85.5 cm³/mol. The molecule has 1 aromatic carbocycles. The molecule has 0 saturated carbocycles. The van der Waals surface area contributed by atoms with E-state index < -0.39 is 11.9 Å². The number of benzene rings is 1. The Balaban J connectivity index is 1.83. The Morgan fingerprint density at radius 2 is 2.09 bits per heavy atom. The maximum Gasteiger partial charge on any atom is 0.284 e. The zero-order valence-corrected chi connectivity index (χ0v) is 13.5. The van der Waals surface area contributed by atoms with E-state index in [0.29, 0.717) is 24.2 Å². The maximum absolute atomic E-state index is 12.4. The van der Waals surface area contributed by atoms with Crippen molar-refractivity contribution in [2.24, 2.45) is 0 Å². The summed E-state index contributed by atoms with van der Waals surface area (Å²) in [4.78, 5) is 48.1. The number of rotatable bonds is 2. The third kappa shape index (κ3) is 2.70. The summed E-state index contributed by atoms with van der Waals surface area (Å²) in [6.45, 7) is 0.297. The van der Waals surface area contributed by atoms with Gasteiger partial charge in [-0.2, -0.15) is 0 Å². The molecular formula is C14H12IN3O4. The molecule has 114 valence electrons. The van der Waals surface area contributed by atoms with Gasteiger partial charge in [0, 0.05) is 46.8 Å². The van der Waals surface area contributed by atoms with Crippen molar-refractivity contribution in [3.05, 3.63) is 29.3 Å². The topological polar surface area (TPSA) is 95.6 Å². The highest BCUT2D eigenvalue weighted by Crippen LogP contribution is 2.29. The standard InChI is InChI=1S/C14H12IN3O4/c15-14(22)16-8-1-2-9-7(5-8)6-18(13(9)21)10-3-4-11(19)17-12(10)20/h1-2,5,10H,3-4,6H2,(H,16,22)(H,17,19,20). The van der Waals surface area contributed by atoms with Crippen LogP contribution in [0.4, 0.5) is 10.5 Å². The molecule has 2 aliphatic heterocycles. The first-order valence-electron chi connectivity index (χ1n) is 6.70. The van der Waals surface area contributed by atoms with Gasteiger partial charge in [0.2, 0.25) is 11.8 Å². The van der Waals surface area contributed by atoms with Crippen molar-refractivity contribution in [1.82, 2.24) is 10.2 Å². The Morgan fingerprint density at radius 3 is 2.77 bits per heavy atom. The lowest BCUT2D eigenvalue weighted by molar-refractivity contribution is -0.136. The SMILES string of the molecule is O=C(I)Nc1ccc2c(c1)CN(C1CCC(=O)NC1=O)C2=O. The van der Waals surface area contributed by atoms with Gasteiger partial charge in [0.25, 0.3) is 9.82 Å². The average Bonchev–Trinajstić information content (AvgIpc) is 2.75. The number of fused-ring (bicyclic) bond motifs is 1. The monoisotopic (exact) mass is 413 g/mol. The largest absolute Gasteiger partial charge is 0.322 e. The van der Waals surface area contributed by atoms with Crippen molar-refractivity contribution in [1.29, 1.82) is 0 Å². The van der Waals surface area contributed by atoms with Crippen LogP contribution in [0, 0.1) is 0 Å². The van der Waals surface area contributed by atoms with Crippen LogP contribution in [0.25, 0.3) is 0 Å². The second-order valence-corrected chi connectivity index (χ2v) is 6.15. The van der Waals surface area contributed by atoms with Gasteiger partial charge in [-0.15, -0.1) is 0 Å². The first-order valence-corrected chi connectivity index (χ1v) is 7.77. The molecule has 7 nitrogen and oxygen atoms in total. The number of carbonyl (C=O) groups is 4. The zero-order chi connectivity index (χ0) is 15.9. The molecule has 0 aliphatic carbocycles. The molecule has 2 N–H and O–H groups in total. The van der Waals surface area contributed by atoms with E-state index in [1.54, 1.807) is 40.8 Å². The van der Waals surface area contributed by atoms with Crippen molar-refractivity contribution < 1.29 is 19.2 Å². The van der Waals surface area contributed by atoms with Crippen LogP contribution in [0.5, 0.6) is 0 Å². The second kappa shape index (κ2) is 5.67. The van der Waals surface area contributed by atoms with Gasteiger partial charge in [-0.1, -0.05) is 0 Å². The third-order valence-corrected chi connectivity index (χ3v) is 4.04. The van der Waals surface area contributed by atoms with E-state index >= 15 is 0 Å². The number of amides is 4. The lowest BCUT2D eigenvalue weighted by Crippen LogP contribution is -2.52. The van der Waals surface area contributed by atoms with E-state index in [1.165, 1.54) is 4.90 Å². The molecule has 0 aromatic heterocycles. The Morgan fingerprint density at radius 1 is 1.32 bits per heavy atom. The number of hydrogen-bond donors (Lipinski definition) is 2. The highest BCUT2D eigenvalue weighted by molar-refractivity contribution is 14.1. The minimum atomic E-state index is -0.625. The number of anilines is 1. The number of nitrogens with one attached hydrogen (secondary N) is 2. The van der Waals surface area contributed by atoms with Crippen LogP contribution in [0.1, 0.15) is 28.8 Å². The highest BCUT2D eigenvalue weighted by Gasteiger charge is 2.39.